The highest BCUT2D eigenvalue weighted by molar-refractivity contribution is 5.93. The molecule has 0 atom stereocenters. The lowest BCUT2D eigenvalue weighted by atomic mass is 10.1. The van der Waals surface area contributed by atoms with Gasteiger partial charge in [0.25, 0.3) is 5.91 Å². The standard InChI is InChI=1S/C12H14N4O/c1-8-5-14-3-2-9(8)6-16-12(17)11-4-10(13)7-15-11/h2-5,7,15H,6,13H2,1H3,(H,16,17). The van der Waals surface area contributed by atoms with E-state index in [2.05, 4.69) is 15.3 Å². The van der Waals surface area contributed by atoms with E-state index in [1.54, 1.807) is 24.7 Å². The SMILES string of the molecule is Cc1cnccc1CNC(=O)c1cc(N)c[nH]1. The highest BCUT2D eigenvalue weighted by Gasteiger charge is 2.07. The minimum atomic E-state index is -0.169. The molecule has 0 spiro atoms. The van der Waals surface area contributed by atoms with Crippen LogP contribution in [0.25, 0.3) is 0 Å². The number of amides is 1. The molecule has 0 saturated carbocycles. The first-order valence-corrected chi connectivity index (χ1v) is 5.28. The number of aryl methyl sites for hydroxylation is 1. The molecule has 5 heteroatoms. The number of rotatable bonds is 3. The number of anilines is 1. The maximum atomic E-state index is 11.7. The Labute approximate surface area is 99.1 Å². The zero-order valence-electron chi connectivity index (χ0n) is 9.53. The number of aromatic amines is 1. The summed E-state index contributed by atoms with van der Waals surface area (Å²) in [5.41, 5.74) is 8.65. The largest absolute Gasteiger partial charge is 0.397 e. The van der Waals surface area contributed by atoms with Crippen LogP contribution in [0.4, 0.5) is 5.69 Å². The van der Waals surface area contributed by atoms with Gasteiger partial charge in [0.15, 0.2) is 0 Å². The maximum Gasteiger partial charge on any atom is 0.268 e. The van der Waals surface area contributed by atoms with Crippen molar-refractivity contribution in [3.05, 3.63) is 47.5 Å². The van der Waals surface area contributed by atoms with Gasteiger partial charge >= 0.3 is 0 Å². The average Bonchev–Trinajstić information content (AvgIpc) is 2.74. The summed E-state index contributed by atoms with van der Waals surface area (Å²) in [6, 6.07) is 3.49. The molecule has 4 N–H and O–H groups in total. The van der Waals surface area contributed by atoms with Crippen molar-refractivity contribution in [3.63, 3.8) is 0 Å². The second kappa shape index (κ2) is 4.69. The fourth-order valence-electron chi connectivity index (χ4n) is 1.51. The van der Waals surface area contributed by atoms with Crippen LogP contribution < -0.4 is 11.1 Å². The van der Waals surface area contributed by atoms with Crippen molar-refractivity contribution in [2.45, 2.75) is 13.5 Å². The number of pyridine rings is 1. The summed E-state index contributed by atoms with van der Waals surface area (Å²) < 4.78 is 0. The minimum absolute atomic E-state index is 0.169. The highest BCUT2D eigenvalue weighted by Crippen LogP contribution is 2.07. The third kappa shape index (κ3) is 2.63. The Morgan fingerprint density at radius 3 is 3.06 bits per heavy atom. The molecule has 0 saturated heterocycles. The predicted molar refractivity (Wildman–Crippen MR) is 65.3 cm³/mol. The van der Waals surface area contributed by atoms with E-state index in [0.29, 0.717) is 17.9 Å². The van der Waals surface area contributed by atoms with Crippen LogP contribution in [0.2, 0.25) is 0 Å². The molecular formula is C12H14N4O. The summed E-state index contributed by atoms with van der Waals surface area (Å²) in [4.78, 5) is 18.5. The second-order valence-electron chi connectivity index (χ2n) is 3.83. The maximum absolute atomic E-state index is 11.7. The van der Waals surface area contributed by atoms with Gasteiger partial charge in [0.2, 0.25) is 0 Å². The van der Waals surface area contributed by atoms with E-state index in [9.17, 15) is 4.79 Å². The molecule has 5 nitrogen and oxygen atoms in total. The van der Waals surface area contributed by atoms with E-state index in [4.69, 9.17) is 5.73 Å². The van der Waals surface area contributed by atoms with Crippen LogP contribution >= 0.6 is 0 Å². The van der Waals surface area contributed by atoms with Crippen molar-refractivity contribution >= 4 is 11.6 Å². The van der Waals surface area contributed by atoms with Crippen molar-refractivity contribution < 1.29 is 4.79 Å². The molecule has 0 bridgehead atoms. The molecule has 1 amide bonds. The van der Waals surface area contributed by atoms with Gasteiger partial charge in [0.1, 0.15) is 5.69 Å². The smallest absolute Gasteiger partial charge is 0.268 e. The minimum Gasteiger partial charge on any atom is -0.397 e. The van der Waals surface area contributed by atoms with E-state index >= 15 is 0 Å². The molecule has 2 rings (SSSR count). The number of hydrogen-bond acceptors (Lipinski definition) is 3. The van der Waals surface area contributed by atoms with Crippen molar-refractivity contribution in [2.24, 2.45) is 0 Å². The van der Waals surface area contributed by atoms with Gasteiger partial charge in [0, 0.05) is 30.8 Å². The molecule has 0 aliphatic heterocycles. The van der Waals surface area contributed by atoms with Crippen LogP contribution in [-0.2, 0) is 6.54 Å². The summed E-state index contributed by atoms with van der Waals surface area (Å²) in [7, 11) is 0. The van der Waals surface area contributed by atoms with Crippen molar-refractivity contribution in [3.8, 4) is 0 Å². The summed E-state index contributed by atoms with van der Waals surface area (Å²) in [6.45, 7) is 2.44. The molecule has 17 heavy (non-hydrogen) atoms. The monoisotopic (exact) mass is 230 g/mol. The molecule has 0 radical (unpaired) electrons. The summed E-state index contributed by atoms with van der Waals surface area (Å²) in [5, 5.41) is 2.82. The quantitative estimate of drug-likeness (QED) is 0.741. The van der Waals surface area contributed by atoms with Gasteiger partial charge < -0.3 is 16.0 Å². The number of hydrogen-bond donors (Lipinski definition) is 3. The van der Waals surface area contributed by atoms with Gasteiger partial charge in [-0.1, -0.05) is 0 Å². The van der Waals surface area contributed by atoms with E-state index < -0.39 is 0 Å². The van der Waals surface area contributed by atoms with E-state index in [0.717, 1.165) is 11.1 Å². The Morgan fingerprint density at radius 1 is 1.59 bits per heavy atom. The molecule has 2 aromatic rings. The molecule has 0 aliphatic rings. The van der Waals surface area contributed by atoms with Gasteiger partial charge in [-0.25, -0.2) is 0 Å². The fraction of sp³-hybridized carbons (Fsp3) is 0.167. The third-order valence-electron chi connectivity index (χ3n) is 2.53. The number of nitrogens with two attached hydrogens (primary N) is 1. The summed E-state index contributed by atoms with van der Waals surface area (Å²) in [5.74, 6) is -0.169. The number of carbonyl (C=O) groups is 1. The molecule has 0 fully saturated rings. The molecule has 2 heterocycles. The Bertz CT molecular complexity index is 533. The van der Waals surface area contributed by atoms with E-state index in [-0.39, 0.29) is 5.91 Å². The molecule has 88 valence electrons. The Balaban J connectivity index is 1.99. The van der Waals surface area contributed by atoms with Gasteiger partial charge in [-0.3, -0.25) is 9.78 Å². The number of carbonyl (C=O) groups excluding carboxylic acids is 1. The Hall–Kier alpha value is -2.30. The summed E-state index contributed by atoms with van der Waals surface area (Å²) >= 11 is 0. The van der Waals surface area contributed by atoms with Crippen LogP contribution in [0.1, 0.15) is 21.6 Å². The average molecular weight is 230 g/mol. The molecular weight excluding hydrogens is 216 g/mol. The number of nitrogens with zero attached hydrogens (tertiary/aromatic N) is 1. The fourth-order valence-corrected chi connectivity index (χ4v) is 1.51. The van der Waals surface area contributed by atoms with Crippen molar-refractivity contribution in [1.82, 2.24) is 15.3 Å². The van der Waals surface area contributed by atoms with Crippen LogP contribution in [0.5, 0.6) is 0 Å². The van der Waals surface area contributed by atoms with Gasteiger partial charge in [0.05, 0.1) is 0 Å². The Morgan fingerprint density at radius 2 is 2.41 bits per heavy atom. The van der Waals surface area contributed by atoms with Gasteiger partial charge in [-0.15, -0.1) is 0 Å². The molecule has 0 aliphatic carbocycles. The van der Waals surface area contributed by atoms with Crippen molar-refractivity contribution in [1.29, 1.82) is 0 Å². The zero-order valence-corrected chi connectivity index (χ0v) is 9.53. The topological polar surface area (TPSA) is 83.8 Å². The lowest BCUT2D eigenvalue weighted by Gasteiger charge is -2.06. The lowest BCUT2D eigenvalue weighted by Crippen LogP contribution is -2.23. The number of aromatic nitrogens is 2. The first-order chi connectivity index (χ1) is 8.16. The van der Waals surface area contributed by atoms with Gasteiger partial charge in [-0.05, 0) is 30.2 Å². The third-order valence-corrected chi connectivity index (χ3v) is 2.53. The first kappa shape index (κ1) is 11.2. The van der Waals surface area contributed by atoms with Crippen LogP contribution in [-0.4, -0.2) is 15.9 Å². The molecule has 0 unspecified atom stereocenters. The van der Waals surface area contributed by atoms with Crippen LogP contribution in [0.3, 0.4) is 0 Å². The predicted octanol–water partition coefficient (Wildman–Crippen LogP) is 1.23. The lowest BCUT2D eigenvalue weighted by molar-refractivity contribution is 0.0946. The zero-order chi connectivity index (χ0) is 12.3. The second-order valence-corrected chi connectivity index (χ2v) is 3.83. The number of nitrogen functional groups attached to an aromatic ring is 1. The van der Waals surface area contributed by atoms with Gasteiger partial charge in [-0.2, -0.15) is 0 Å². The van der Waals surface area contributed by atoms with Crippen LogP contribution in [0.15, 0.2) is 30.7 Å². The highest BCUT2D eigenvalue weighted by atomic mass is 16.1. The van der Waals surface area contributed by atoms with E-state index in [1.807, 2.05) is 13.0 Å². The number of H-pyrrole nitrogens is 1. The van der Waals surface area contributed by atoms with Crippen molar-refractivity contribution in [2.75, 3.05) is 5.73 Å². The molecule has 0 aromatic carbocycles. The molecule has 2 aromatic heterocycles. The first-order valence-electron chi connectivity index (χ1n) is 5.28. The van der Waals surface area contributed by atoms with E-state index in [1.165, 1.54) is 0 Å². The number of nitrogens with one attached hydrogen (secondary N) is 2. The normalized spacial score (nSPS) is 10.2. The Kier molecular flexibility index (Phi) is 3.09. The van der Waals surface area contributed by atoms with Crippen LogP contribution in [0, 0.1) is 6.92 Å². The summed E-state index contributed by atoms with van der Waals surface area (Å²) in [6.07, 6.45) is 5.07.